The van der Waals surface area contributed by atoms with Gasteiger partial charge in [-0.25, -0.2) is 12.7 Å². The first-order chi connectivity index (χ1) is 10.7. The summed E-state index contributed by atoms with van der Waals surface area (Å²) in [5.74, 6) is -0.617. The molecule has 23 heavy (non-hydrogen) atoms. The summed E-state index contributed by atoms with van der Waals surface area (Å²) in [4.78, 5) is 23.5. The summed E-state index contributed by atoms with van der Waals surface area (Å²) in [6.07, 6.45) is 1.63. The molecule has 1 aromatic rings. The van der Waals surface area contributed by atoms with E-state index in [1.165, 1.54) is 11.4 Å². The van der Waals surface area contributed by atoms with Crippen LogP contribution in [0.4, 0.5) is 0 Å². The Morgan fingerprint density at radius 2 is 1.91 bits per heavy atom. The van der Waals surface area contributed by atoms with E-state index in [-0.39, 0.29) is 18.4 Å². The van der Waals surface area contributed by atoms with E-state index in [4.69, 9.17) is 0 Å². The van der Waals surface area contributed by atoms with Crippen LogP contribution in [-0.4, -0.2) is 57.5 Å². The summed E-state index contributed by atoms with van der Waals surface area (Å²) in [5, 5.41) is 5.18. The monoisotopic (exact) mass is 341 g/mol. The highest BCUT2D eigenvalue weighted by Crippen LogP contribution is 2.03. The van der Waals surface area contributed by atoms with Crippen molar-refractivity contribution >= 4 is 21.8 Å². The molecule has 0 aliphatic rings. The normalized spacial score (nSPS) is 11.3. The van der Waals surface area contributed by atoms with Crippen LogP contribution in [0, 0.1) is 6.92 Å². The van der Waals surface area contributed by atoms with Crippen LogP contribution in [0.2, 0.25) is 0 Å². The topological polar surface area (TPSA) is 95.6 Å². The van der Waals surface area contributed by atoms with E-state index in [2.05, 4.69) is 10.6 Å². The van der Waals surface area contributed by atoms with Crippen LogP contribution in [0.3, 0.4) is 0 Å². The number of benzene rings is 1. The van der Waals surface area contributed by atoms with E-state index in [0.717, 1.165) is 11.8 Å². The molecule has 0 saturated heterocycles. The second-order valence-electron chi connectivity index (χ2n) is 5.34. The first-order valence-electron chi connectivity index (χ1n) is 7.23. The lowest BCUT2D eigenvalue weighted by Crippen LogP contribution is -2.38. The zero-order chi connectivity index (χ0) is 17.5. The van der Waals surface area contributed by atoms with Crippen molar-refractivity contribution in [3.05, 3.63) is 35.4 Å². The summed E-state index contributed by atoms with van der Waals surface area (Å²) in [7, 11) is -1.71. The van der Waals surface area contributed by atoms with Gasteiger partial charge in [0, 0.05) is 25.7 Å². The maximum Gasteiger partial charge on any atom is 0.251 e. The van der Waals surface area contributed by atoms with Crippen molar-refractivity contribution in [1.82, 2.24) is 14.9 Å². The number of hydrogen-bond acceptors (Lipinski definition) is 4. The molecule has 128 valence electrons. The highest BCUT2D eigenvalue weighted by Gasteiger charge is 2.10. The van der Waals surface area contributed by atoms with Gasteiger partial charge in [-0.2, -0.15) is 0 Å². The Balaban J connectivity index is 2.26. The van der Waals surface area contributed by atoms with Crippen LogP contribution in [-0.2, 0) is 14.8 Å². The molecule has 8 heteroatoms. The molecule has 7 nitrogen and oxygen atoms in total. The fraction of sp³-hybridized carbons (Fsp3) is 0.467. The third-order valence-electron chi connectivity index (χ3n) is 3.23. The van der Waals surface area contributed by atoms with Gasteiger partial charge in [0.2, 0.25) is 15.9 Å². The molecular formula is C15H23N3O4S. The zero-order valence-corrected chi connectivity index (χ0v) is 14.4. The number of carbonyl (C=O) groups is 2. The number of sulfonamides is 1. The quantitative estimate of drug-likeness (QED) is 0.657. The highest BCUT2D eigenvalue weighted by atomic mass is 32.2. The van der Waals surface area contributed by atoms with E-state index in [1.54, 1.807) is 18.2 Å². The number of amides is 2. The van der Waals surface area contributed by atoms with Gasteiger partial charge in [-0.3, -0.25) is 9.59 Å². The predicted molar refractivity (Wildman–Crippen MR) is 88.6 cm³/mol. The molecule has 0 aromatic heterocycles. The Kier molecular flexibility index (Phi) is 7.18. The molecule has 2 N–H and O–H groups in total. The van der Waals surface area contributed by atoms with Crippen LogP contribution in [0.1, 0.15) is 22.3 Å². The van der Waals surface area contributed by atoms with E-state index < -0.39 is 10.0 Å². The van der Waals surface area contributed by atoms with E-state index in [0.29, 0.717) is 25.1 Å². The number of nitrogens with one attached hydrogen (secondary N) is 2. The molecule has 2 amide bonds. The van der Waals surface area contributed by atoms with Crippen molar-refractivity contribution in [2.45, 2.75) is 13.3 Å². The lowest BCUT2D eigenvalue weighted by Gasteiger charge is -2.14. The van der Waals surface area contributed by atoms with E-state index >= 15 is 0 Å². The van der Waals surface area contributed by atoms with Crippen LogP contribution in [0.25, 0.3) is 0 Å². The van der Waals surface area contributed by atoms with Crippen molar-refractivity contribution in [2.24, 2.45) is 0 Å². The summed E-state index contributed by atoms with van der Waals surface area (Å²) in [6.45, 7) is 2.44. The minimum absolute atomic E-state index is 0.116. The van der Waals surface area contributed by atoms with Gasteiger partial charge in [0.1, 0.15) is 0 Å². The minimum Gasteiger partial charge on any atom is -0.355 e. The van der Waals surface area contributed by atoms with Gasteiger partial charge < -0.3 is 10.6 Å². The Morgan fingerprint density at radius 3 is 2.52 bits per heavy atom. The van der Waals surface area contributed by atoms with Crippen molar-refractivity contribution in [1.29, 1.82) is 0 Å². The fourth-order valence-corrected chi connectivity index (χ4v) is 2.27. The molecule has 0 unspecified atom stereocenters. The molecule has 0 radical (unpaired) electrons. The summed E-state index contributed by atoms with van der Waals surface area (Å²) in [6, 6.07) is 7.09. The molecule has 1 rings (SSSR count). The fourth-order valence-electron chi connectivity index (χ4n) is 1.81. The third kappa shape index (κ3) is 7.25. The molecule has 0 spiro atoms. The average Bonchev–Trinajstić information content (AvgIpc) is 2.48. The lowest BCUT2D eigenvalue weighted by atomic mass is 10.1. The molecular weight excluding hydrogens is 318 g/mol. The van der Waals surface area contributed by atoms with E-state index in [1.807, 2.05) is 13.0 Å². The standard InChI is InChI=1S/C15H23N3O4S/c1-12-6-4-7-13(10-12)15(20)17-11-14(19)16-8-5-9-18(2)23(3,21)22/h4,6-7,10H,5,8-9,11H2,1-3H3,(H,16,19)(H,17,20). The van der Waals surface area contributed by atoms with Crippen LogP contribution >= 0.6 is 0 Å². The van der Waals surface area contributed by atoms with Gasteiger partial charge >= 0.3 is 0 Å². The van der Waals surface area contributed by atoms with Gasteiger partial charge in [0.15, 0.2) is 0 Å². The number of aryl methyl sites for hydroxylation is 1. The molecule has 0 bridgehead atoms. The second-order valence-corrected chi connectivity index (χ2v) is 7.43. The Hall–Kier alpha value is -1.93. The second kappa shape index (κ2) is 8.64. The first-order valence-corrected chi connectivity index (χ1v) is 9.08. The summed E-state index contributed by atoms with van der Waals surface area (Å²) in [5.41, 5.74) is 1.48. The maximum absolute atomic E-state index is 11.9. The SMILES string of the molecule is Cc1cccc(C(=O)NCC(=O)NCCCN(C)S(C)(=O)=O)c1. The molecule has 0 saturated carbocycles. The predicted octanol–water partition coefficient (Wildman–Crippen LogP) is 0.123. The van der Waals surface area contributed by atoms with Crippen LogP contribution in [0.5, 0.6) is 0 Å². The maximum atomic E-state index is 11.9. The van der Waals surface area contributed by atoms with Gasteiger partial charge in [-0.1, -0.05) is 17.7 Å². The Labute approximate surface area is 137 Å². The van der Waals surface area contributed by atoms with Crippen molar-refractivity contribution < 1.29 is 18.0 Å². The molecule has 0 aliphatic heterocycles. The third-order valence-corrected chi connectivity index (χ3v) is 4.54. The summed E-state index contributed by atoms with van der Waals surface area (Å²) < 4.78 is 23.6. The molecule has 1 aromatic carbocycles. The molecule has 0 fully saturated rings. The van der Waals surface area contributed by atoms with Crippen LogP contribution < -0.4 is 10.6 Å². The van der Waals surface area contributed by atoms with Gasteiger partial charge in [-0.05, 0) is 25.5 Å². The zero-order valence-electron chi connectivity index (χ0n) is 13.6. The molecule has 0 heterocycles. The number of rotatable bonds is 8. The average molecular weight is 341 g/mol. The van der Waals surface area contributed by atoms with Gasteiger partial charge in [0.25, 0.3) is 5.91 Å². The van der Waals surface area contributed by atoms with Crippen molar-refractivity contribution in [3.8, 4) is 0 Å². The Bertz CT molecular complexity index is 658. The summed E-state index contributed by atoms with van der Waals surface area (Å²) >= 11 is 0. The van der Waals surface area contributed by atoms with Crippen molar-refractivity contribution in [3.63, 3.8) is 0 Å². The lowest BCUT2D eigenvalue weighted by molar-refractivity contribution is -0.120. The smallest absolute Gasteiger partial charge is 0.251 e. The largest absolute Gasteiger partial charge is 0.355 e. The van der Waals surface area contributed by atoms with Gasteiger partial charge in [-0.15, -0.1) is 0 Å². The van der Waals surface area contributed by atoms with E-state index in [9.17, 15) is 18.0 Å². The molecule has 0 aliphatic carbocycles. The number of nitrogens with zero attached hydrogens (tertiary/aromatic N) is 1. The highest BCUT2D eigenvalue weighted by molar-refractivity contribution is 7.88. The number of carbonyl (C=O) groups excluding carboxylic acids is 2. The Morgan fingerprint density at radius 1 is 1.22 bits per heavy atom. The van der Waals surface area contributed by atoms with Gasteiger partial charge in [0.05, 0.1) is 12.8 Å². The van der Waals surface area contributed by atoms with Crippen molar-refractivity contribution in [2.75, 3.05) is 32.9 Å². The van der Waals surface area contributed by atoms with Crippen LogP contribution in [0.15, 0.2) is 24.3 Å². The molecule has 0 atom stereocenters. The number of hydrogen-bond donors (Lipinski definition) is 2. The minimum atomic E-state index is -3.20. The first kappa shape index (κ1) is 19.1.